The molecule has 1 amide bonds. The Kier molecular flexibility index (Phi) is 5.66. The van der Waals surface area contributed by atoms with Crippen molar-refractivity contribution in [2.75, 3.05) is 11.9 Å². The lowest BCUT2D eigenvalue weighted by atomic mass is 10.1. The summed E-state index contributed by atoms with van der Waals surface area (Å²) in [5, 5.41) is 6.94. The fourth-order valence-electron chi connectivity index (χ4n) is 2.73. The number of rotatable bonds is 6. The number of amides is 1. The first-order chi connectivity index (χ1) is 13.0. The van der Waals surface area contributed by atoms with Crippen molar-refractivity contribution < 1.29 is 14.3 Å². The van der Waals surface area contributed by atoms with Crippen molar-refractivity contribution in [3.05, 3.63) is 83.2 Å². The van der Waals surface area contributed by atoms with E-state index in [4.69, 9.17) is 4.74 Å². The molecule has 0 aliphatic rings. The molecule has 0 bridgehead atoms. The zero-order valence-electron chi connectivity index (χ0n) is 15.3. The minimum atomic E-state index is -0.530. The smallest absolute Gasteiger partial charge is 0.338 e. The van der Waals surface area contributed by atoms with Crippen LogP contribution < -0.4 is 5.32 Å². The van der Waals surface area contributed by atoms with Gasteiger partial charge in [-0.25, -0.2) is 4.79 Å². The maximum Gasteiger partial charge on any atom is 0.338 e. The molecule has 0 fully saturated rings. The number of ether oxygens (including phenoxy) is 1. The van der Waals surface area contributed by atoms with Crippen LogP contribution in [0.5, 0.6) is 0 Å². The number of nitrogens with zero attached hydrogens (tertiary/aromatic N) is 2. The highest BCUT2D eigenvalue weighted by molar-refractivity contribution is 5.96. The Bertz CT molecular complexity index is 912. The number of anilines is 1. The second kappa shape index (κ2) is 8.31. The third-order valence-electron chi connectivity index (χ3n) is 4.17. The summed E-state index contributed by atoms with van der Waals surface area (Å²) in [5.41, 5.74) is 4.09. The third kappa shape index (κ3) is 4.82. The number of esters is 1. The zero-order chi connectivity index (χ0) is 19.2. The molecule has 0 aliphatic heterocycles. The molecule has 138 valence electrons. The van der Waals surface area contributed by atoms with Crippen molar-refractivity contribution in [1.29, 1.82) is 0 Å². The highest BCUT2D eigenvalue weighted by Crippen LogP contribution is 2.19. The Labute approximate surface area is 157 Å². The van der Waals surface area contributed by atoms with E-state index in [1.807, 2.05) is 56.4 Å². The Morgan fingerprint density at radius 3 is 2.37 bits per heavy atom. The van der Waals surface area contributed by atoms with E-state index in [1.54, 1.807) is 23.0 Å². The molecule has 3 aromatic rings. The minimum Gasteiger partial charge on any atom is -0.452 e. The van der Waals surface area contributed by atoms with Crippen molar-refractivity contribution in [2.24, 2.45) is 0 Å². The van der Waals surface area contributed by atoms with Crippen LogP contribution in [0.15, 0.2) is 60.9 Å². The molecule has 1 aromatic heterocycles. The molecule has 0 radical (unpaired) electrons. The van der Waals surface area contributed by atoms with E-state index in [9.17, 15) is 9.59 Å². The van der Waals surface area contributed by atoms with E-state index in [-0.39, 0.29) is 12.5 Å². The summed E-state index contributed by atoms with van der Waals surface area (Å²) in [4.78, 5) is 24.2. The van der Waals surface area contributed by atoms with Crippen molar-refractivity contribution >= 4 is 17.6 Å². The topological polar surface area (TPSA) is 73.2 Å². The predicted molar refractivity (Wildman–Crippen MR) is 103 cm³/mol. The molecule has 6 heteroatoms. The molecule has 0 saturated carbocycles. The largest absolute Gasteiger partial charge is 0.452 e. The van der Waals surface area contributed by atoms with Gasteiger partial charge in [0, 0.05) is 18.1 Å². The number of benzene rings is 2. The van der Waals surface area contributed by atoms with E-state index in [2.05, 4.69) is 10.4 Å². The molecule has 0 aliphatic carbocycles. The van der Waals surface area contributed by atoms with E-state index < -0.39 is 5.97 Å². The van der Waals surface area contributed by atoms with Crippen LogP contribution in [0, 0.1) is 13.8 Å². The number of aromatic nitrogens is 2. The normalized spacial score (nSPS) is 10.4. The van der Waals surface area contributed by atoms with Gasteiger partial charge < -0.3 is 10.1 Å². The van der Waals surface area contributed by atoms with Gasteiger partial charge in [0.05, 0.1) is 12.1 Å². The average Bonchev–Trinajstić information content (AvgIpc) is 3.16. The fourth-order valence-corrected chi connectivity index (χ4v) is 2.73. The second-order valence-corrected chi connectivity index (χ2v) is 6.29. The Hall–Kier alpha value is -3.41. The van der Waals surface area contributed by atoms with Crippen LogP contribution in [0.25, 0.3) is 0 Å². The van der Waals surface area contributed by atoms with Crippen LogP contribution >= 0.6 is 0 Å². The first-order valence-corrected chi connectivity index (χ1v) is 8.62. The molecule has 1 N–H and O–H groups in total. The summed E-state index contributed by atoms with van der Waals surface area (Å²) in [7, 11) is 0. The SMILES string of the molecule is Cc1cccc(C)c1NC(=O)COC(=O)c1ccc(Cn2cccn2)cc1. The minimum absolute atomic E-state index is 0.332. The average molecular weight is 363 g/mol. The number of nitrogens with one attached hydrogen (secondary N) is 1. The number of aryl methyl sites for hydroxylation is 2. The highest BCUT2D eigenvalue weighted by atomic mass is 16.5. The van der Waals surface area contributed by atoms with E-state index in [0.717, 1.165) is 22.4 Å². The van der Waals surface area contributed by atoms with Gasteiger partial charge in [-0.05, 0) is 48.7 Å². The maximum absolute atomic E-state index is 12.1. The molecule has 3 rings (SSSR count). The van der Waals surface area contributed by atoms with Crippen LogP contribution in [0.4, 0.5) is 5.69 Å². The summed E-state index contributed by atoms with van der Waals surface area (Å²) >= 11 is 0. The predicted octanol–water partition coefficient (Wildman–Crippen LogP) is 3.34. The Morgan fingerprint density at radius 1 is 1.04 bits per heavy atom. The molecule has 2 aromatic carbocycles. The molecule has 0 atom stereocenters. The van der Waals surface area contributed by atoms with E-state index in [0.29, 0.717) is 12.1 Å². The van der Waals surface area contributed by atoms with Crippen molar-refractivity contribution in [2.45, 2.75) is 20.4 Å². The molecule has 1 heterocycles. The summed E-state index contributed by atoms with van der Waals surface area (Å²) in [6.07, 6.45) is 3.59. The van der Waals surface area contributed by atoms with Gasteiger partial charge >= 0.3 is 5.97 Å². The fraction of sp³-hybridized carbons (Fsp3) is 0.190. The number of carbonyl (C=O) groups excluding carboxylic acids is 2. The molecular weight excluding hydrogens is 342 g/mol. The molecule has 6 nitrogen and oxygen atoms in total. The van der Waals surface area contributed by atoms with Crippen molar-refractivity contribution in [3.8, 4) is 0 Å². The van der Waals surface area contributed by atoms with Gasteiger partial charge in [-0.1, -0.05) is 30.3 Å². The van der Waals surface area contributed by atoms with Crippen molar-refractivity contribution in [1.82, 2.24) is 9.78 Å². The summed E-state index contributed by atoms with van der Waals surface area (Å²) in [5.74, 6) is -0.895. The van der Waals surface area contributed by atoms with Crippen molar-refractivity contribution in [3.63, 3.8) is 0 Å². The highest BCUT2D eigenvalue weighted by Gasteiger charge is 2.12. The molecule has 0 saturated heterocycles. The number of hydrogen-bond donors (Lipinski definition) is 1. The lowest BCUT2D eigenvalue weighted by Crippen LogP contribution is -2.21. The Morgan fingerprint density at radius 2 is 1.74 bits per heavy atom. The van der Waals surface area contributed by atoms with Gasteiger partial charge in [0.2, 0.25) is 0 Å². The van der Waals surface area contributed by atoms with Gasteiger partial charge in [0.15, 0.2) is 6.61 Å². The molecule has 27 heavy (non-hydrogen) atoms. The summed E-state index contributed by atoms with van der Waals surface area (Å²) < 4.78 is 6.92. The number of carbonyl (C=O) groups is 2. The Balaban J connectivity index is 1.53. The summed E-state index contributed by atoms with van der Waals surface area (Å²) in [6.45, 7) is 4.13. The van der Waals surface area contributed by atoms with Crippen LogP contribution in [-0.2, 0) is 16.1 Å². The lowest BCUT2D eigenvalue weighted by Gasteiger charge is -2.11. The van der Waals surface area contributed by atoms with Gasteiger partial charge in [0.25, 0.3) is 5.91 Å². The monoisotopic (exact) mass is 363 g/mol. The van der Waals surface area contributed by atoms with E-state index in [1.165, 1.54) is 0 Å². The molecule has 0 spiro atoms. The number of hydrogen-bond acceptors (Lipinski definition) is 4. The molecule has 0 unspecified atom stereocenters. The molecular formula is C21H21N3O3. The first-order valence-electron chi connectivity index (χ1n) is 8.62. The number of para-hydroxylation sites is 1. The third-order valence-corrected chi connectivity index (χ3v) is 4.17. The van der Waals surface area contributed by atoms with Gasteiger partial charge in [-0.15, -0.1) is 0 Å². The maximum atomic E-state index is 12.1. The van der Waals surface area contributed by atoms with Crippen LogP contribution in [-0.4, -0.2) is 28.3 Å². The lowest BCUT2D eigenvalue weighted by molar-refractivity contribution is -0.119. The first kappa shape index (κ1) is 18.4. The van der Waals surface area contributed by atoms with Crippen LogP contribution in [0.3, 0.4) is 0 Å². The van der Waals surface area contributed by atoms with E-state index >= 15 is 0 Å². The van der Waals surface area contributed by atoms with Gasteiger partial charge in [-0.3, -0.25) is 9.48 Å². The zero-order valence-corrected chi connectivity index (χ0v) is 15.3. The van der Waals surface area contributed by atoms with Crippen LogP contribution in [0.1, 0.15) is 27.0 Å². The summed E-state index contributed by atoms with van der Waals surface area (Å²) in [6, 6.07) is 14.7. The second-order valence-electron chi connectivity index (χ2n) is 6.29. The van der Waals surface area contributed by atoms with Gasteiger partial charge in [-0.2, -0.15) is 5.10 Å². The standard InChI is InChI=1S/C21H21N3O3/c1-15-5-3-6-16(2)20(15)23-19(25)14-27-21(26)18-9-7-17(8-10-18)13-24-12-4-11-22-24/h3-12H,13-14H2,1-2H3,(H,23,25). The van der Waals surface area contributed by atoms with Crippen LogP contribution in [0.2, 0.25) is 0 Å². The quantitative estimate of drug-likeness (QED) is 0.682. The van der Waals surface area contributed by atoms with Gasteiger partial charge in [0.1, 0.15) is 0 Å².